The lowest BCUT2D eigenvalue weighted by Gasteiger charge is -2.07. The maximum Gasteiger partial charge on any atom is 0.411 e. The fraction of sp³-hybridized carbons (Fsp3) is 0.364. The van der Waals surface area contributed by atoms with Crippen LogP contribution in [0.2, 0.25) is 10.0 Å². The first kappa shape index (κ1) is 15.3. The molecule has 0 fully saturated rings. The molecular weight excluding hydrogens is 292 g/mol. The number of rotatable bonds is 5. The largest absolute Gasteiger partial charge is 0.411 e. The van der Waals surface area contributed by atoms with Crippen LogP contribution in [0.4, 0.5) is 13.2 Å². The zero-order valence-electron chi connectivity index (χ0n) is 9.06. The van der Waals surface area contributed by atoms with Gasteiger partial charge in [0.1, 0.15) is 6.61 Å². The predicted octanol–water partition coefficient (Wildman–Crippen LogP) is 4.15. The monoisotopic (exact) mass is 300 g/mol. The number of alkyl halides is 3. The van der Waals surface area contributed by atoms with Gasteiger partial charge in [-0.05, 0) is 18.2 Å². The highest BCUT2D eigenvalue weighted by Crippen LogP contribution is 2.22. The van der Waals surface area contributed by atoms with Crippen LogP contribution in [0.25, 0.3) is 0 Å². The van der Waals surface area contributed by atoms with Gasteiger partial charge in [0.05, 0.1) is 11.6 Å². The van der Waals surface area contributed by atoms with Crippen molar-refractivity contribution in [3.05, 3.63) is 33.8 Å². The lowest BCUT2D eigenvalue weighted by atomic mass is 10.1. The fourth-order valence-corrected chi connectivity index (χ4v) is 1.59. The molecule has 0 unspecified atom stereocenters. The van der Waals surface area contributed by atoms with Gasteiger partial charge in [0.2, 0.25) is 0 Å². The van der Waals surface area contributed by atoms with Crippen molar-refractivity contribution in [3.63, 3.8) is 0 Å². The van der Waals surface area contributed by atoms with Crippen molar-refractivity contribution >= 4 is 29.0 Å². The molecule has 18 heavy (non-hydrogen) atoms. The molecule has 7 heteroatoms. The van der Waals surface area contributed by atoms with E-state index < -0.39 is 18.6 Å². The van der Waals surface area contributed by atoms with Crippen LogP contribution in [0.1, 0.15) is 16.8 Å². The van der Waals surface area contributed by atoms with E-state index in [0.29, 0.717) is 5.02 Å². The summed E-state index contributed by atoms with van der Waals surface area (Å²) in [7, 11) is 0. The van der Waals surface area contributed by atoms with E-state index >= 15 is 0 Å². The molecule has 0 bridgehead atoms. The van der Waals surface area contributed by atoms with E-state index in [9.17, 15) is 18.0 Å². The smallest absolute Gasteiger partial charge is 0.372 e. The Bertz CT molecular complexity index is 433. The van der Waals surface area contributed by atoms with Crippen LogP contribution in [0.5, 0.6) is 0 Å². The summed E-state index contributed by atoms with van der Waals surface area (Å²) in [5.41, 5.74) is 0.180. The van der Waals surface area contributed by atoms with Gasteiger partial charge in [-0.15, -0.1) is 0 Å². The predicted molar refractivity (Wildman–Crippen MR) is 62.3 cm³/mol. The Labute approximate surface area is 112 Å². The molecule has 0 saturated heterocycles. The van der Waals surface area contributed by atoms with Gasteiger partial charge < -0.3 is 4.74 Å². The normalized spacial score (nSPS) is 11.6. The first-order valence-corrected chi connectivity index (χ1v) is 5.68. The van der Waals surface area contributed by atoms with E-state index in [0.717, 1.165) is 0 Å². The number of hydrogen-bond donors (Lipinski definition) is 0. The molecule has 0 radical (unpaired) electrons. The van der Waals surface area contributed by atoms with Gasteiger partial charge in [-0.2, -0.15) is 13.2 Å². The van der Waals surface area contributed by atoms with Crippen molar-refractivity contribution in [1.29, 1.82) is 0 Å². The van der Waals surface area contributed by atoms with Crippen molar-refractivity contribution in [3.8, 4) is 0 Å². The molecular formula is C11H9Cl2F3O2. The quantitative estimate of drug-likeness (QED) is 0.603. The molecule has 2 nitrogen and oxygen atoms in total. The molecule has 0 saturated carbocycles. The topological polar surface area (TPSA) is 26.3 Å². The summed E-state index contributed by atoms with van der Waals surface area (Å²) in [5.74, 6) is -0.412. The number of halogens is 5. The molecule has 0 aromatic heterocycles. The second kappa shape index (κ2) is 6.41. The van der Waals surface area contributed by atoms with Crippen LogP contribution in [0.3, 0.4) is 0 Å². The average molecular weight is 301 g/mol. The van der Waals surface area contributed by atoms with Gasteiger partial charge >= 0.3 is 6.18 Å². The summed E-state index contributed by atoms with van der Waals surface area (Å²) < 4.78 is 39.7. The van der Waals surface area contributed by atoms with Gasteiger partial charge in [0, 0.05) is 17.0 Å². The first-order chi connectivity index (χ1) is 8.29. The van der Waals surface area contributed by atoms with Crippen molar-refractivity contribution in [1.82, 2.24) is 0 Å². The van der Waals surface area contributed by atoms with Crippen molar-refractivity contribution in [2.45, 2.75) is 12.6 Å². The zero-order chi connectivity index (χ0) is 13.8. The molecule has 0 aliphatic heterocycles. The summed E-state index contributed by atoms with van der Waals surface area (Å²) in [6, 6.07) is 4.34. The third-order valence-corrected chi connectivity index (χ3v) is 2.53. The Morgan fingerprint density at radius 1 is 1.28 bits per heavy atom. The van der Waals surface area contributed by atoms with E-state index in [1.165, 1.54) is 18.2 Å². The molecule has 0 spiro atoms. The molecule has 0 heterocycles. The maximum absolute atomic E-state index is 11.8. The SMILES string of the molecule is O=C(CCOCC(F)(F)F)c1cc(Cl)ccc1Cl. The van der Waals surface area contributed by atoms with Crippen molar-refractivity contribution in [2.24, 2.45) is 0 Å². The summed E-state index contributed by atoms with van der Waals surface area (Å²) >= 11 is 11.5. The lowest BCUT2D eigenvalue weighted by molar-refractivity contribution is -0.173. The van der Waals surface area contributed by atoms with Crippen LogP contribution in [0.15, 0.2) is 18.2 Å². The van der Waals surface area contributed by atoms with Crippen LogP contribution in [0, 0.1) is 0 Å². The number of Topliss-reactive ketones (excluding diaryl/α,β-unsaturated/α-hetero) is 1. The summed E-state index contributed by atoms with van der Waals surface area (Å²) in [6.07, 6.45) is -4.58. The average Bonchev–Trinajstić information content (AvgIpc) is 2.26. The highest BCUT2D eigenvalue weighted by atomic mass is 35.5. The van der Waals surface area contributed by atoms with Crippen LogP contribution in [-0.2, 0) is 4.74 Å². The van der Waals surface area contributed by atoms with E-state index in [-0.39, 0.29) is 23.6 Å². The number of ether oxygens (including phenoxy) is 1. The van der Waals surface area contributed by atoms with Gasteiger partial charge in [0.25, 0.3) is 0 Å². The standard InChI is InChI=1S/C11H9Cl2F3O2/c12-7-1-2-9(13)8(5-7)10(17)3-4-18-6-11(14,15)16/h1-2,5H,3-4,6H2. The Kier molecular flexibility index (Phi) is 5.44. The maximum atomic E-state index is 11.8. The molecule has 0 atom stereocenters. The number of benzene rings is 1. The highest BCUT2D eigenvalue weighted by Gasteiger charge is 2.27. The first-order valence-electron chi connectivity index (χ1n) is 4.92. The molecule has 1 aromatic rings. The van der Waals surface area contributed by atoms with E-state index in [2.05, 4.69) is 4.74 Å². The summed E-state index contributed by atoms with van der Waals surface area (Å²) in [6.45, 7) is -1.69. The third kappa shape index (κ3) is 5.25. The molecule has 0 aliphatic carbocycles. The van der Waals surface area contributed by atoms with Gasteiger partial charge in [-0.3, -0.25) is 4.79 Å². The van der Waals surface area contributed by atoms with E-state index in [4.69, 9.17) is 23.2 Å². The minimum Gasteiger partial charge on any atom is -0.372 e. The number of carbonyl (C=O) groups excluding carboxylic acids is 1. The summed E-state index contributed by atoms with van der Waals surface area (Å²) in [4.78, 5) is 11.6. The van der Waals surface area contributed by atoms with Crippen LogP contribution < -0.4 is 0 Å². The van der Waals surface area contributed by atoms with Crippen molar-refractivity contribution < 1.29 is 22.7 Å². The minimum atomic E-state index is -4.39. The second-order valence-corrected chi connectivity index (χ2v) is 4.31. The van der Waals surface area contributed by atoms with Crippen molar-refractivity contribution in [2.75, 3.05) is 13.2 Å². The van der Waals surface area contributed by atoms with Crippen LogP contribution in [-0.4, -0.2) is 25.2 Å². The Morgan fingerprint density at radius 3 is 2.56 bits per heavy atom. The zero-order valence-corrected chi connectivity index (χ0v) is 10.6. The van der Waals surface area contributed by atoms with E-state index in [1.54, 1.807) is 0 Å². The minimum absolute atomic E-state index is 0.180. The highest BCUT2D eigenvalue weighted by molar-refractivity contribution is 6.35. The molecule has 100 valence electrons. The second-order valence-electron chi connectivity index (χ2n) is 3.47. The lowest BCUT2D eigenvalue weighted by Crippen LogP contribution is -2.18. The number of carbonyl (C=O) groups is 1. The molecule has 0 N–H and O–H groups in total. The van der Waals surface area contributed by atoms with Gasteiger partial charge in [0.15, 0.2) is 5.78 Å². The number of hydrogen-bond acceptors (Lipinski definition) is 2. The van der Waals surface area contributed by atoms with E-state index in [1.807, 2.05) is 0 Å². The summed E-state index contributed by atoms with van der Waals surface area (Å²) in [5, 5.41) is 0.541. The Morgan fingerprint density at radius 2 is 1.94 bits per heavy atom. The third-order valence-electron chi connectivity index (χ3n) is 1.97. The Hall–Kier alpha value is -0.780. The molecule has 1 aromatic carbocycles. The molecule has 0 aliphatic rings. The van der Waals surface area contributed by atoms with Gasteiger partial charge in [-0.25, -0.2) is 0 Å². The number of ketones is 1. The molecule has 0 amide bonds. The molecule has 1 rings (SSSR count). The fourth-order valence-electron chi connectivity index (χ4n) is 1.20. The van der Waals surface area contributed by atoms with Gasteiger partial charge in [-0.1, -0.05) is 23.2 Å². The van der Waals surface area contributed by atoms with Crippen LogP contribution >= 0.6 is 23.2 Å². The Balaban J connectivity index is 2.48.